The SMILES string of the molecule is CCCC(=O)OI(OC(=O)CCC)c1ccc(C(C)(C)C)cc1. The second kappa shape index (κ2) is 9.25. The molecule has 5 heteroatoms. The second-order valence-corrected chi connectivity index (χ2v) is 9.74. The third-order valence-electron chi connectivity index (χ3n) is 3.11. The van der Waals surface area contributed by atoms with Crippen LogP contribution in [0.5, 0.6) is 0 Å². The Bertz CT molecular complexity index is 497. The van der Waals surface area contributed by atoms with Crippen molar-refractivity contribution < 1.29 is 15.7 Å². The fraction of sp³-hybridized carbons (Fsp3) is 0.556. The van der Waals surface area contributed by atoms with Gasteiger partial charge in [0, 0.05) is 0 Å². The Morgan fingerprint density at radius 3 is 1.70 bits per heavy atom. The van der Waals surface area contributed by atoms with Crippen LogP contribution < -0.4 is 0 Å². The quantitative estimate of drug-likeness (QED) is 0.556. The summed E-state index contributed by atoms with van der Waals surface area (Å²) in [7, 11) is 0. The van der Waals surface area contributed by atoms with Gasteiger partial charge in [-0.15, -0.1) is 0 Å². The van der Waals surface area contributed by atoms with Crippen molar-refractivity contribution in [3.63, 3.8) is 0 Å². The van der Waals surface area contributed by atoms with Gasteiger partial charge in [0.1, 0.15) is 0 Å². The molecule has 1 aromatic rings. The van der Waals surface area contributed by atoms with Crippen LogP contribution in [0, 0.1) is 3.57 Å². The fourth-order valence-corrected chi connectivity index (χ4v) is 4.68. The topological polar surface area (TPSA) is 52.6 Å². The van der Waals surface area contributed by atoms with Gasteiger partial charge in [-0.1, -0.05) is 0 Å². The Labute approximate surface area is 147 Å². The van der Waals surface area contributed by atoms with Crippen LogP contribution in [-0.2, 0) is 21.1 Å². The summed E-state index contributed by atoms with van der Waals surface area (Å²) < 4.78 is 11.8. The molecule has 0 saturated heterocycles. The van der Waals surface area contributed by atoms with E-state index in [1.54, 1.807) is 0 Å². The van der Waals surface area contributed by atoms with Crippen LogP contribution >= 0.6 is 20.6 Å². The Balaban J connectivity index is 2.93. The summed E-state index contributed by atoms with van der Waals surface area (Å²) in [5.41, 5.74) is 1.24. The van der Waals surface area contributed by atoms with Crippen LogP contribution in [0.25, 0.3) is 0 Å². The summed E-state index contributed by atoms with van der Waals surface area (Å²) in [6.07, 6.45) is 2.13. The number of hydrogen-bond donors (Lipinski definition) is 0. The Hall–Kier alpha value is -1.11. The van der Waals surface area contributed by atoms with E-state index in [1.807, 2.05) is 38.1 Å². The molecule has 1 rings (SSSR count). The molecule has 0 aliphatic rings. The summed E-state index contributed by atoms with van der Waals surface area (Å²) in [6.45, 7) is 10.3. The molecule has 0 N–H and O–H groups in total. The molecule has 130 valence electrons. The molecule has 0 unspecified atom stereocenters. The van der Waals surface area contributed by atoms with Gasteiger partial charge in [-0.3, -0.25) is 0 Å². The number of hydrogen-bond acceptors (Lipinski definition) is 4. The molecule has 0 spiro atoms. The van der Waals surface area contributed by atoms with Gasteiger partial charge in [-0.05, 0) is 0 Å². The molecule has 0 amide bonds. The predicted octanol–water partition coefficient (Wildman–Crippen LogP) is 5.18. The average Bonchev–Trinajstić information content (AvgIpc) is 2.46. The maximum absolute atomic E-state index is 11.8. The van der Waals surface area contributed by atoms with Gasteiger partial charge in [0.2, 0.25) is 0 Å². The van der Waals surface area contributed by atoms with Crippen molar-refractivity contribution in [2.75, 3.05) is 0 Å². The van der Waals surface area contributed by atoms with Crippen LogP contribution in [0.2, 0.25) is 0 Å². The van der Waals surface area contributed by atoms with E-state index in [0.717, 1.165) is 3.57 Å². The molecule has 0 aliphatic carbocycles. The standard InChI is InChI=1S/C18H27IO4/c1-6-8-16(20)22-19(23-17(21)9-7-2)15-12-10-14(11-13-15)18(3,4)5/h10-13H,6-9H2,1-5H3. The van der Waals surface area contributed by atoms with E-state index in [0.29, 0.717) is 25.7 Å². The zero-order valence-corrected chi connectivity index (χ0v) is 16.8. The predicted molar refractivity (Wildman–Crippen MR) is 99.9 cm³/mol. The zero-order chi connectivity index (χ0) is 17.5. The monoisotopic (exact) mass is 434 g/mol. The van der Waals surface area contributed by atoms with E-state index in [-0.39, 0.29) is 17.4 Å². The van der Waals surface area contributed by atoms with Gasteiger partial charge in [-0.2, -0.15) is 0 Å². The van der Waals surface area contributed by atoms with Gasteiger partial charge in [0.25, 0.3) is 0 Å². The molecule has 0 fully saturated rings. The van der Waals surface area contributed by atoms with E-state index < -0.39 is 20.6 Å². The maximum atomic E-state index is 11.8. The molecule has 1 aromatic carbocycles. The summed E-state index contributed by atoms with van der Waals surface area (Å²) in [6, 6.07) is 7.87. The van der Waals surface area contributed by atoms with Crippen molar-refractivity contribution in [1.82, 2.24) is 0 Å². The summed E-state index contributed by atoms with van der Waals surface area (Å²) in [5.74, 6) is -0.580. The number of carbonyl (C=O) groups is 2. The molecule has 4 nitrogen and oxygen atoms in total. The molecular weight excluding hydrogens is 407 g/mol. The normalized spacial score (nSPS) is 11.8. The third kappa shape index (κ3) is 6.89. The van der Waals surface area contributed by atoms with Crippen molar-refractivity contribution >= 4 is 32.6 Å². The van der Waals surface area contributed by atoms with E-state index in [4.69, 9.17) is 6.13 Å². The first kappa shape index (κ1) is 19.9. The Morgan fingerprint density at radius 2 is 1.35 bits per heavy atom. The van der Waals surface area contributed by atoms with E-state index >= 15 is 0 Å². The molecule has 0 saturated carbocycles. The average molecular weight is 434 g/mol. The summed E-state index contributed by atoms with van der Waals surface area (Å²) in [4.78, 5) is 23.6. The van der Waals surface area contributed by atoms with Crippen molar-refractivity contribution in [2.45, 2.75) is 65.7 Å². The molecule has 0 aliphatic heterocycles. The first-order chi connectivity index (χ1) is 10.8. The third-order valence-corrected chi connectivity index (χ3v) is 6.63. The van der Waals surface area contributed by atoms with Crippen molar-refractivity contribution in [1.29, 1.82) is 0 Å². The first-order valence-corrected chi connectivity index (χ1v) is 10.8. The van der Waals surface area contributed by atoms with E-state index in [2.05, 4.69) is 20.8 Å². The first-order valence-electron chi connectivity index (χ1n) is 8.01. The molecule has 0 bridgehead atoms. The van der Waals surface area contributed by atoms with Gasteiger partial charge in [0.05, 0.1) is 0 Å². The molecule has 0 aromatic heterocycles. The molecule has 0 heterocycles. The van der Waals surface area contributed by atoms with Crippen molar-refractivity contribution in [3.05, 3.63) is 33.4 Å². The van der Waals surface area contributed by atoms with E-state index in [1.165, 1.54) is 5.56 Å². The second-order valence-electron chi connectivity index (χ2n) is 6.37. The summed E-state index contributed by atoms with van der Waals surface area (Å²) >= 11 is -2.75. The minimum absolute atomic E-state index is 0.0509. The number of halogens is 1. The number of carbonyl (C=O) groups excluding carboxylic acids is 2. The van der Waals surface area contributed by atoms with Crippen molar-refractivity contribution in [3.8, 4) is 0 Å². The van der Waals surface area contributed by atoms with Crippen LogP contribution in [0.1, 0.15) is 65.9 Å². The molecular formula is C18H27IO4. The van der Waals surface area contributed by atoms with Crippen LogP contribution in [0.3, 0.4) is 0 Å². The summed E-state index contributed by atoms with van der Waals surface area (Å²) in [5, 5.41) is 0. The van der Waals surface area contributed by atoms with Crippen LogP contribution in [0.15, 0.2) is 24.3 Å². The van der Waals surface area contributed by atoms with Crippen molar-refractivity contribution in [2.24, 2.45) is 0 Å². The Morgan fingerprint density at radius 1 is 0.913 bits per heavy atom. The zero-order valence-electron chi connectivity index (χ0n) is 14.6. The molecule has 23 heavy (non-hydrogen) atoms. The Kier molecular flexibility index (Phi) is 8.02. The molecule has 0 radical (unpaired) electrons. The van der Waals surface area contributed by atoms with Gasteiger partial charge in [-0.25, -0.2) is 0 Å². The molecule has 0 atom stereocenters. The van der Waals surface area contributed by atoms with Gasteiger partial charge < -0.3 is 0 Å². The number of benzene rings is 1. The number of rotatable bonds is 7. The van der Waals surface area contributed by atoms with Gasteiger partial charge >= 0.3 is 147 Å². The van der Waals surface area contributed by atoms with E-state index in [9.17, 15) is 9.59 Å². The van der Waals surface area contributed by atoms with Crippen LogP contribution in [0.4, 0.5) is 0 Å². The van der Waals surface area contributed by atoms with Gasteiger partial charge in [0.15, 0.2) is 0 Å². The van der Waals surface area contributed by atoms with Crippen LogP contribution in [-0.4, -0.2) is 11.9 Å². The fourth-order valence-electron chi connectivity index (χ4n) is 1.80. The minimum atomic E-state index is -2.75.